The number of fused-ring (bicyclic) bond motifs is 1. The number of aromatic nitrogens is 2. The SMILES string of the molecule is c1csc(-c2nnc(CN3CCS[C@@H]4COCC[C@H]43)o2)c1. The van der Waals surface area contributed by atoms with E-state index in [0.29, 0.717) is 17.2 Å². The fourth-order valence-electron chi connectivity index (χ4n) is 2.95. The van der Waals surface area contributed by atoms with Crippen molar-refractivity contribution >= 4 is 23.1 Å². The van der Waals surface area contributed by atoms with E-state index < -0.39 is 0 Å². The van der Waals surface area contributed by atoms with Crippen molar-refractivity contribution in [2.45, 2.75) is 24.3 Å². The second-order valence-corrected chi connectivity index (χ2v) is 7.58. The van der Waals surface area contributed by atoms with Crippen molar-refractivity contribution in [3.63, 3.8) is 0 Å². The molecule has 4 heterocycles. The summed E-state index contributed by atoms with van der Waals surface area (Å²) in [6.07, 6.45) is 1.10. The fourth-order valence-corrected chi connectivity index (χ4v) is 4.96. The molecule has 2 saturated heterocycles. The molecule has 0 aliphatic carbocycles. The summed E-state index contributed by atoms with van der Waals surface area (Å²) in [7, 11) is 0. The van der Waals surface area contributed by atoms with E-state index in [9.17, 15) is 0 Å². The van der Waals surface area contributed by atoms with Gasteiger partial charge in [-0.2, -0.15) is 11.8 Å². The fraction of sp³-hybridized carbons (Fsp3) is 0.571. The summed E-state index contributed by atoms with van der Waals surface area (Å²) in [6, 6.07) is 4.58. The Hall–Kier alpha value is -0.890. The number of hydrogen-bond acceptors (Lipinski definition) is 7. The number of thioether (sulfide) groups is 1. The van der Waals surface area contributed by atoms with Gasteiger partial charge >= 0.3 is 0 Å². The summed E-state index contributed by atoms with van der Waals surface area (Å²) >= 11 is 3.66. The van der Waals surface area contributed by atoms with E-state index in [-0.39, 0.29) is 0 Å². The van der Waals surface area contributed by atoms with Gasteiger partial charge in [0.25, 0.3) is 5.89 Å². The zero-order valence-electron chi connectivity index (χ0n) is 11.6. The second-order valence-electron chi connectivity index (χ2n) is 5.29. The van der Waals surface area contributed by atoms with Crippen LogP contribution >= 0.6 is 23.1 Å². The Labute approximate surface area is 131 Å². The Morgan fingerprint density at radius 2 is 2.38 bits per heavy atom. The minimum Gasteiger partial charge on any atom is -0.419 e. The quantitative estimate of drug-likeness (QED) is 0.865. The van der Waals surface area contributed by atoms with Crippen LogP contribution in [-0.4, -0.2) is 51.9 Å². The van der Waals surface area contributed by atoms with Gasteiger partial charge in [0.1, 0.15) is 0 Å². The Morgan fingerprint density at radius 3 is 3.29 bits per heavy atom. The van der Waals surface area contributed by atoms with Crippen molar-refractivity contribution in [2.75, 3.05) is 25.5 Å². The molecule has 21 heavy (non-hydrogen) atoms. The first kappa shape index (κ1) is 13.8. The summed E-state index contributed by atoms with van der Waals surface area (Å²) in [5.74, 6) is 2.50. The third-order valence-electron chi connectivity index (χ3n) is 3.99. The van der Waals surface area contributed by atoms with Gasteiger partial charge in [-0.05, 0) is 17.9 Å². The van der Waals surface area contributed by atoms with Gasteiger partial charge in [-0.25, -0.2) is 0 Å². The van der Waals surface area contributed by atoms with Crippen molar-refractivity contribution in [3.05, 3.63) is 23.4 Å². The van der Waals surface area contributed by atoms with E-state index in [1.54, 1.807) is 11.3 Å². The molecule has 2 aromatic heterocycles. The predicted octanol–water partition coefficient (Wildman–Crippen LogP) is 2.50. The smallest absolute Gasteiger partial charge is 0.257 e. The number of ether oxygens (including phenoxy) is 1. The Morgan fingerprint density at radius 1 is 1.38 bits per heavy atom. The van der Waals surface area contributed by atoms with Gasteiger partial charge in [-0.3, -0.25) is 4.90 Å². The van der Waals surface area contributed by atoms with Crippen LogP contribution in [0, 0.1) is 0 Å². The maximum absolute atomic E-state index is 5.82. The summed E-state index contributed by atoms with van der Waals surface area (Å²) < 4.78 is 11.4. The van der Waals surface area contributed by atoms with Gasteiger partial charge in [0.05, 0.1) is 18.0 Å². The van der Waals surface area contributed by atoms with E-state index >= 15 is 0 Å². The maximum atomic E-state index is 5.82. The van der Waals surface area contributed by atoms with Gasteiger partial charge in [0, 0.05) is 30.2 Å². The summed E-state index contributed by atoms with van der Waals surface area (Å²) in [5, 5.41) is 11.0. The van der Waals surface area contributed by atoms with E-state index in [0.717, 1.165) is 49.2 Å². The lowest BCUT2D eigenvalue weighted by molar-refractivity contribution is 0.0322. The third kappa shape index (κ3) is 2.88. The second kappa shape index (κ2) is 6.08. The number of nitrogens with zero attached hydrogens (tertiary/aromatic N) is 3. The van der Waals surface area contributed by atoms with Crippen molar-refractivity contribution in [1.29, 1.82) is 0 Å². The molecule has 7 heteroatoms. The summed E-state index contributed by atoms with van der Waals surface area (Å²) in [4.78, 5) is 3.52. The van der Waals surface area contributed by atoms with Gasteiger partial charge < -0.3 is 9.15 Å². The lowest BCUT2D eigenvalue weighted by atomic mass is 10.1. The zero-order valence-corrected chi connectivity index (χ0v) is 13.2. The molecule has 112 valence electrons. The molecule has 2 aromatic rings. The van der Waals surface area contributed by atoms with Crippen molar-refractivity contribution < 1.29 is 9.15 Å². The van der Waals surface area contributed by atoms with Crippen LogP contribution in [0.2, 0.25) is 0 Å². The van der Waals surface area contributed by atoms with Gasteiger partial charge in [-0.15, -0.1) is 21.5 Å². The number of rotatable bonds is 3. The van der Waals surface area contributed by atoms with Crippen LogP contribution in [0.3, 0.4) is 0 Å². The third-order valence-corrected chi connectivity index (χ3v) is 6.14. The topological polar surface area (TPSA) is 51.4 Å². The molecule has 2 aliphatic heterocycles. The van der Waals surface area contributed by atoms with E-state index in [2.05, 4.69) is 15.1 Å². The first-order valence-electron chi connectivity index (χ1n) is 7.20. The molecular weight excluding hydrogens is 306 g/mol. The molecule has 0 radical (unpaired) electrons. The molecule has 2 aliphatic rings. The van der Waals surface area contributed by atoms with E-state index in [4.69, 9.17) is 9.15 Å². The molecular formula is C14H17N3O2S2. The Balaban J connectivity index is 1.47. The number of hydrogen-bond donors (Lipinski definition) is 0. The number of thiophene rings is 1. The Kier molecular flexibility index (Phi) is 3.98. The highest BCUT2D eigenvalue weighted by Gasteiger charge is 2.35. The van der Waals surface area contributed by atoms with Crippen LogP contribution in [0.15, 0.2) is 21.9 Å². The molecule has 0 amide bonds. The summed E-state index contributed by atoms with van der Waals surface area (Å²) in [5.41, 5.74) is 0. The van der Waals surface area contributed by atoms with Crippen LogP contribution in [-0.2, 0) is 11.3 Å². The molecule has 0 bridgehead atoms. The first-order valence-corrected chi connectivity index (χ1v) is 9.12. The largest absolute Gasteiger partial charge is 0.419 e. The monoisotopic (exact) mass is 323 g/mol. The maximum Gasteiger partial charge on any atom is 0.257 e. The normalized spacial score (nSPS) is 26.7. The van der Waals surface area contributed by atoms with Crippen molar-refractivity contribution in [3.8, 4) is 10.8 Å². The predicted molar refractivity (Wildman–Crippen MR) is 83.5 cm³/mol. The highest BCUT2D eigenvalue weighted by Crippen LogP contribution is 2.31. The lowest BCUT2D eigenvalue weighted by Gasteiger charge is -2.42. The lowest BCUT2D eigenvalue weighted by Crippen LogP contribution is -2.51. The van der Waals surface area contributed by atoms with E-state index in [1.807, 2.05) is 29.3 Å². The molecule has 2 fully saturated rings. The highest BCUT2D eigenvalue weighted by molar-refractivity contribution is 8.00. The zero-order chi connectivity index (χ0) is 14.1. The molecule has 0 unspecified atom stereocenters. The van der Waals surface area contributed by atoms with E-state index in [1.165, 1.54) is 0 Å². The Bertz CT molecular complexity index is 585. The van der Waals surface area contributed by atoms with Gasteiger partial charge in [0.2, 0.25) is 5.89 Å². The van der Waals surface area contributed by atoms with Crippen LogP contribution < -0.4 is 0 Å². The molecule has 0 aromatic carbocycles. The molecule has 0 spiro atoms. The minimum absolute atomic E-state index is 0.578. The minimum atomic E-state index is 0.578. The van der Waals surface area contributed by atoms with Crippen LogP contribution in [0.25, 0.3) is 10.8 Å². The highest BCUT2D eigenvalue weighted by atomic mass is 32.2. The molecule has 0 N–H and O–H groups in total. The first-order chi connectivity index (χ1) is 10.4. The average Bonchev–Trinajstić information content (AvgIpc) is 3.18. The average molecular weight is 323 g/mol. The standard InChI is InChI=1S/C14H17N3O2S2/c1-2-11(20-6-1)14-16-15-13(19-14)8-17-4-7-21-12-9-18-5-3-10(12)17/h1-2,6,10,12H,3-5,7-9H2/t10-,12-/m1/s1. The van der Waals surface area contributed by atoms with Crippen molar-refractivity contribution in [1.82, 2.24) is 15.1 Å². The molecule has 4 rings (SSSR count). The van der Waals surface area contributed by atoms with Crippen molar-refractivity contribution in [2.24, 2.45) is 0 Å². The van der Waals surface area contributed by atoms with Gasteiger partial charge in [0.15, 0.2) is 0 Å². The van der Waals surface area contributed by atoms with Crippen LogP contribution in [0.1, 0.15) is 12.3 Å². The van der Waals surface area contributed by atoms with Crippen LogP contribution in [0.4, 0.5) is 0 Å². The molecule has 5 nitrogen and oxygen atoms in total. The molecule has 2 atom stereocenters. The van der Waals surface area contributed by atoms with Crippen LogP contribution in [0.5, 0.6) is 0 Å². The molecule has 0 saturated carbocycles. The summed E-state index contributed by atoms with van der Waals surface area (Å²) in [6.45, 7) is 3.57. The van der Waals surface area contributed by atoms with Gasteiger partial charge in [-0.1, -0.05) is 6.07 Å².